The van der Waals surface area contributed by atoms with E-state index in [1.165, 1.54) is 30.0 Å². The Morgan fingerprint density at radius 1 is 1.18 bits per heavy atom. The van der Waals surface area contributed by atoms with Gasteiger partial charge in [0.05, 0.1) is 5.25 Å². The molecule has 1 aromatic heterocycles. The van der Waals surface area contributed by atoms with E-state index < -0.39 is 0 Å². The van der Waals surface area contributed by atoms with Gasteiger partial charge in [-0.15, -0.1) is 10.2 Å². The Balaban J connectivity index is 1.91. The number of nitrogens with two attached hydrogens (primary N) is 1. The van der Waals surface area contributed by atoms with Crippen molar-refractivity contribution in [2.24, 2.45) is 0 Å². The average Bonchev–Trinajstić information content (AvgIpc) is 2.85. The number of carbonyl (C=O) groups excluding carboxylic acids is 2. The van der Waals surface area contributed by atoms with E-state index >= 15 is 0 Å². The first kappa shape index (κ1) is 16.2. The fourth-order valence-electron chi connectivity index (χ4n) is 1.56. The van der Waals surface area contributed by atoms with Crippen molar-refractivity contribution in [2.45, 2.75) is 23.4 Å². The summed E-state index contributed by atoms with van der Waals surface area (Å²) in [5.41, 5.74) is 6.84. The Morgan fingerprint density at radius 3 is 2.27 bits per heavy atom. The summed E-state index contributed by atoms with van der Waals surface area (Å²) in [5, 5.41) is 13.1. The minimum atomic E-state index is -0.331. The first-order chi connectivity index (χ1) is 10.4. The number of thioether (sulfide) groups is 1. The van der Waals surface area contributed by atoms with Crippen LogP contribution < -0.4 is 16.4 Å². The SMILES string of the molecule is CC(=O)Nc1ccc(NC(=O)[C@@H](C)Sc2nnc(N)s2)cc1. The van der Waals surface area contributed by atoms with Crippen LogP contribution in [0.3, 0.4) is 0 Å². The quantitative estimate of drug-likeness (QED) is 0.722. The largest absolute Gasteiger partial charge is 0.374 e. The summed E-state index contributed by atoms with van der Waals surface area (Å²) in [5.74, 6) is -0.288. The Hall–Kier alpha value is -2.13. The highest BCUT2D eigenvalue weighted by molar-refractivity contribution is 8.02. The minimum absolute atomic E-state index is 0.141. The van der Waals surface area contributed by atoms with Gasteiger partial charge >= 0.3 is 0 Å². The van der Waals surface area contributed by atoms with Crippen molar-refractivity contribution in [3.8, 4) is 0 Å². The summed E-state index contributed by atoms with van der Waals surface area (Å²) in [4.78, 5) is 23.0. The van der Waals surface area contributed by atoms with Crippen LogP contribution in [0.5, 0.6) is 0 Å². The maximum Gasteiger partial charge on any atom is 0.237 e. The van der Waals surface area contributed by atoms with Crippen LogP contribution in [0.2, 0.25) is 0 Å². The van der Waals surface area contributed by atoms with Crippen molar-refractivity contribution in [1.29, 1.82) is 0 Å². The Morgan fingerprint density at radius 2 is 1.77 bits per heavy atom. The summed E-state index contributed by atoms with van der Waals surface area (Å²) >= 11 is 2.54. The van der Waals surface area contributed by atoms with E-state index in [9.17, 15) is 9.59 Å². The summed E-state index contributed by atoms with van der Waals surface area (Å²) in [6, 6.07) is 6.90. The molecule has 116 valence electrons. The molecule has 1 atom stereocenters. The molecule has 0 aliphatic rings. The Labute approximate surface area is 135 Å². The average molecular weight is 337 g/mol. The highest BCUT2D eigenvalue weighted by Crippen LogP contribution is 2.28. The van der Waals surface area contributed by atoms with Crippen LogP contribution in [0.25, 0.3) is 0 Å². The zero-order chi connectivity index (χ0) is 16.1. The Bertz CT molecular complexity index is 671. The number of rotatable bonds is 5. The van der Waals surface area contributed by atoms with E-state index in [-0.39, 0.29) is 17.1 Å². The first-order valence-electron chi connectivity index (χ1n) is 6.38. The number of hydrogen-bond donors (Lipinski definition) is 3. The van der Waals surface area contributed by atoms with Crippen LogP contribution in [-0.4, -0.2) is 27.3 Å². The first-order valence-corrected chi connectivity index (χ1v) is 8.08. The predicted molar refractivity (Wildman–Crippen MR) is 89.0 cm³/mol. The monoisotopic (exact) mass is 337 g/mol. The second-order valence-corrected chi connectivity index (χ2v) is 7.01. The molecule has 2 aromatic rings. The van der Waals surface area contributed by atoms with Crippen molar-refractivity contribution >= 4 is 51.4 Å². The highest BCUT2D eigenvalue weighted by atomic mass is 32.2. The molecule has 0 fully saturated rings. The van der Waals surface area contributed by atoms with Gasteiger partial charge in [-0.05, 0) is 31.2 Å². The van der Waals surface area contributed by atoms with Gasteiger partial charge in [0, 0.05) is 18.3 Å². The van der Waals surface area contributed by atoms with E-state index in [1.807, 2.05) is 0 Å². The van der Waals surface area contributed by atoms with Crippen LogP contribution >= 0.6 is 23.1 Å². The number of aromatic nitrogens is 2. The van der Waals surface area contributed by atoms with Gasteiger partial charge in [-0.1, -0.05) is 23.1 Å². The molecule has 22 heavy (non-hydrogen) atoms. The van der Waals surface area contributed by atoms with E-state index in [0.717, 1.165) is 0 Å². The van der Waals surface area contributed by atoms with Crippen LogP contribution in [0.4, 0.5) is 16.5 Å². The molecule has 2 amide bonds. The molecule has 4 N–H and O–H groups in total. The zero-order valence-electron chi connectivity index (χ0n) is 12.0. The zero-order valence-corrected chi connectivity index (χ0v) is 13.6. The lowest BCUT2D eigenvalue weighted by Crippen LogP contribution is -2.22. The minimum Gasteiger partial charge on any atom is -0.374 e. The fraction of sp³-hybridized carbons (Fsp3) is 0.231. The summed E-state index contributed by atoms with van der Waals surface area (Å²) in [6.45, 7) is 3.22. The van der Waals surface area contributed by atoms with Crippen molar-refractivity contribution in [3.63, 3.8) is 0 Å². The van der Waals surface area contributed by atoms with Gasteiger partial charge in [-0.25, -0.2) is 0 Å². The molecule has 2 rings (SSSR count). The van der Waals surface area contributed by atoms with Crippen molar-refractivity contribution in [2.75, 3.05) is 16.4 Å². The second-order valence-electron chi connectivity index (χ2n) is 4.41. The second kappa shape index (κ2) is 7.23. The van der Waals surface area contributed by atoms with E-state index in [0.29, 0.717) is 20.8 Å². The van der Waals surface area contributed by atoms with Gasteiger partial charge in [0.1, 0.15) is 0 Å². The molecule has 0 aliphatic heterocycles. The number of nitrogens with one attached hydrogen (secondary N) is 2. The van der Waals surface area contributed by atoms with Gasteiger partial charge in [-0.3, -0.25) is 9.59 Å². The molecule has 0 radical (unpaired) electrons. The van der Waals surface area contributed by atoms with E-state index in [1.54, 1.807) is 31.2 Å². The molecule has 0 saturated carbocycles. The number of amides is 2. The number of hydrogen-bond acceptors (Lipinski definition) is 7. The number of benzene rings is 1. The lowest BCUT2D eigenvalue weighted by atomic mass is 10.2. The summed E-state index contributed by atoms with van der Waals surface area (Å²) in [7, 11) is 0. The number of nitrogen functional groups attached to an aromatic ring is 1. The van der Waals surface area contributed by atoms with Crippen LogP contribution in [0.1, 0.15) is 13.8 Å². The van der Waals surface area contributed by atoms with Gasteiger partial charge < -0.3 is 16.4 Å². The maximum absolute atomic E-state index is 12.1. The van der Waals surface area contributed by atoms with Crippen LogP contribution in [0.15, 0.2) is 28.6 Å². The third-order valence-electron chi connectivity index (χ3n) is 2.54. The predicted octanol–water partition coefficient (Wildman–Crippen LogP) is 2.20. The van der Waals surface area contributed by atoms with Crippen LogP contribution in [-0.2, 0) is 9.59 Å². The fourth-order valence-corrected chi connectivity index (χ4v) is 3.34. The number of carbonyl (C=O) groups is 2. The van der Waals surface area contributed by atoms with E-state index in [2.05, 4.69) is 20.8 Å². The molecule has 7 nitrogen and oxygen atoms in total. The topological polar surface area (TPSA) is 110 Å². The normalized spacial score (nSPS) is 11.7. The smallest absolute Gasteiger partial charge is 0.237 e. The van der Waals surface area contributed by atoms with Gasteiger partial charge in [-0.2, -0.15) is 0 Å². The number of anilines is 3. The lowest BCUT2D eigenvalue weighted by Gasteiger charge is -2.10. The third kappa shape index (κ3) is 4.71. The lowest BCUT2D eigenvalue weighted by molar-refractivity contribution is -0.115. The molecule has 0 aliphatic carbocycles. The van der Waals surface area contributed by atoms with Gasteiger partial charge in [0.25, 0.3) is 0 Å². The molecule has 9 heteroatoms. The van der Waals surface area contributed by atoms with Gasteiger partial charge in [0.2, 0.25) is 16.9 Å². The molecular formula is C13H15N5O2S2. The molecule has 0 saturated heterocycles. The standard InChI is InChI=1S/C13H15N5O2S2/c1-7(21-13-18-17-12(14)22-13)11(20)16-10-5-3-9(4-6-10)15-8(2)19/h3-7H,1-2H3,(H2,14,17)(H,15,19)(H,16,20)/t7-/m1/s1. The third-order valence-corrected chi connectivity index (χ3v) is 4.48. The molecule has 1 heterocycles. The molecule has 0 unspecified atom stereocenters. The van der Waals surface area contributed by atoms with Crippen molar-refractivity contribution < 1.29 is 9.59 Å². The van der Waals surface area contributed by atoms with Gasteiger partial charge in [0.15, 0.2) is 4.34 Å². The summed E-state index contributed by atoms with van der Waals surface area (Å²) < 4.78 is 0.654. The maximum atomic E-state index is 12.1. The highest BCUT2D eigenvalue weighted by Gasteiger charge is 2.17. The molecule has 0 bridgehead atoms. The molecule has 0 spiro atoms. The molecular weight excluding hydrogens is 322 g/mol. The van der Waals surface area contributed by atoms with Crippen molar-refractivity contribution in [1.82, 2.24) is 10.2 Å². The molecule has 1 aromatic carbocycles. The van der Waals surface area contributed by atoms with Crippen molar-refractivity contribution in [3.05, 3.63) is 24.3 Å². The number of nitrogens with zero attached hydrogens (tertiary/aromatic N) is 2. The van der Waals surface area contributed by atoms with E-state index in [4.69, 9.17) is 5.73 Å². The van der Waals surface area contributed by atoms with Crippen LogP contribution in [0, 0.1) is 0 Å². The summed E-state index contributed by atoms with van der Waals surface area (Å²) in [6.07, 6.45) is 0. The Kier molecular flexibility index (Phi) is 5.34.